The van der Waals surface area contributed by atoms with Crippen LogP contribution < -0.4 is 19.9 Å². The van der Waals surface area contributed by atoms with Gasteiger partial charge in [-0.25, -0.2) is 0 Å². The van der Waals surface area contributed by atoms with Crippen molar-refractivity contribution in [2.45, 2.75) is 0 Å². The Balaban J connectivity index is 0.00000121. The third kappa shape index (κ3) is 5.33. The molecular formula is C10H12MnNO5-. The number of primary amides is 1. The fourth-order valence-corrected chi connectivity index (χ4v) is 0.993. The van der Waals surface area contributed by atoms with E-state index in [0.717, 1.165) is 0 Å². The molecule has 17 heavy (non-hydrogen) atoms. The summed E-state index contributed by atoms with van der Waals surface area (Å²) >= 11 is 1.69. The molecule has 0 aliphatic heterocycles. The second-order valence-electron chi connectivity index (χ2n) is 2.69. The summed E-state index contributed by atoms with van der Waals surface area (Å²) in [5.74, 6) is 0.875. The Bertz CT molecular complexity index is 372. The summed E-state index contributed by atoms with van der Waals surface area (Å²) in [7, 11) is 3.02. The molecule has 1 aromatic rings. The van der Waals surface area contributed by atoms with Gasteiger partial charge in [0.2, 0.25) is 0 Å². The molecule has 0 atom stereocenters. The Morgan fingerprint density at radius 1 is 1.41 bits per heavy atom. The molecule has 0 aromatic heterocycles. The van der Waals surface area contributed by atoms with E-state index in [0.29, 0.717) is 17.2 Å². The Labute approximate surface area is 107 Å². The van der Waals surface area contributed by atoms with E-state index in [9.17, 15) is 4.79 Å². The van der Waals surface area contributed by atoms with Crippen LogP contribution in [0.15, 0.2) is 12.1 Å². The average molecular weight is 281 g/mol. The summed E-state index contributed by atoms with van der Waals surface area (Å²) < 4.78 is 23.2. The fourth-order valence-electron chi connectivity index (χ4n) is 0.993. The van der Waals surface area contributed by atoms with Crippen molar-refractivity contribution in [2.75, 3.05) is 20.8 Å². The van der Waals surface area contributed by atoms with Gasteiger partial charge in [0.1, 0.15) is 6.61 Å². The van der Waals surface area contributed by atoms with Crippen LogP contribution in [0.3, 0.4) is 0 Å². The summed E-state index contributed by atoms with van der Waals surface area (Å²) in [5.41, 5.74) is 4.94. The zero-order chi connectivity index (χ0) is 13.3. The average Bonchev–Trinajstić information content (AvgIpc) is 2.38. The first-order valence-corrected chi connectivity index (χ1v) is 4.85. The molecule has 0 bridgehead atoms. The van der Waals surface area contributed by atoms with Crippen molar-refractivity contribution in [1.29, 1.82) is 0 Å². The normalized spacial score (nSPS) is 8.59. The number of hydrogen-bond acceptors (Lipinski definition) is 5. The van der Waals surface area contributed by atoms with Crippen LogP contribution in [0, 0.1) is 6.07 Å². The first kappa shape index (κ1) is 15.4. The van der Waals surface area contributed by atoms with Crippen molar-refractivity contribution in [3.8, 4) is 17.2 Å². The van der Waals surface area contributed by atoms with E-state index in [1.807, 2.05) is 0 Å². The van der Waals surface area contributed by atoms with Gasteiger partial charge in [-0.1, -0.05) is 6.07 Å². The zero-order valence-corrected chi connectivity index (χ0v) is 10.5. The van der Waals surface area contributed by atoms with Crippen LogP contribution in [0.4, 0.5) is 0 Å². The van der Waals surface area contributed by atoms with Crippen molar-refractivity contribution >= 4 is 5.91 Å². The van der Waals surface area contributed by atoms with Crippen molar-refractivity contribution < 1.29 is 38.8 Å². The molecular weight excluding hydrogens is 269 g/mol. The third-order valence-electron chi connectivity index (χ3n) is 1.65. The molecule has 0 radical (unpaired) electrons. The van der Waals surface area contributed by atoms with Crippen LogP contribution >= 0.6 is 0 Å². The van der Waals surface area contributed by atoms with Gasteiger partial charge in [-0.05, 0) is 0 Å². The molecule has 0 aliphatic carbocycles. The number of rotatable bonds is 5. The summed E-state index contributed by atoms with van der Waals surface area (Å²) in [6.07, 6.45) is 0. The summed E-state index contributed by atoms with van der Waals surface area (Å²) in [5, 5.41) is 0. The molecule has 2 N–H and O–H groups in total. The Morgan fingerprint density at radius 2 is 2.06 bits per heavy atom. The van der Waals surface area contributed by atoms with Crippen LogP contribution in [0.25, 0.3) is 0 Å². The quantitative estimate of drug-likeness (QED) is 0.617. The van der Waals surface area contributed by atoms with Crippen molar-refractivity contribution in [1.82, 2.24) is 0 Å². The molecule has 0 saturated heterocycles. The van der Waals surface area contributed by atoms with Crippen molar-refractivity contribution in [2.24, 2.45) is 5.73 Å². The van der Waals surface area contributed by atoms with Gasteiger partial charge in [-0.2, -0.15) is 0 Å². The number of methoxy groups -OCH3 is 2. The van der Waals surface area contributed by atoms with Gasteiger partial charge >= 0.3 is 19.8 Å². The van der Waals surface area contributed by atoms with Gasteiger partial charge in [0.15, 0.2) is 0 Å². The van der Waals surface area contributed by atoms with Crippen molar-refractivity contribution in [3.05, 3.63) is 18.2 Å². The molecule has 1 amide bonds. The fraction of sp³-hybridized carbons (Fsp3) is 0.300. The molecule has 0 spiro atoms. The van der Waals surface area contributed by atoms with Crippen LogP contribution in [-0.4, -0.2) is 26.7 Å². The first-order valence-electron chi connectivity index (χ1n) is 4.37. The number of nitrogens with two attached hydrogens (primary N) is 1. The number of carbonyl (C=O) groups excluding carboxylic acids is 1. The van der Waals surface area contributed by atoms with E-state index in [2.05, 4.69) is 6.07 Å². The zero-order valence-electron chi connectivity index (χ0n) is 9.36. The third-order valence-corrected chi connectivity index (χ3v) is 1.65. The molecule has 0 heterocycles. The van der Waals surface area contributed by atoms with Crippen LogP contribution in [0.2, 0.25) is 0 Å². The van der Waals surface area contributed by atoms with Gasteiger partial charge in [0, 0.05) is 11.5 Å². The summed E-state index contributed by atoms with van der Waals surface area (Å²) in [4.78, 5) is 10.5. The van der Waals surface area contributed by atoms with E-state index in [1.165, 1.54) is 14.2 Å². The maximum absolute atomic E-state index is 10.5. The molecule has 0 fully saturated rings. The number of ether oxygens (including phenoxy) is 3. The monoisotopic (exact) mass is 281 g/mol. The number of hydrogen-bond donors (Lipinski definition) is 1. The van der Waals surface area contributed by atoms with E-state index in [4.69, 9.17) is 23.8 Å². The van der Waals surface area contributed by atoms with Crippen LogP contribution in [0.5, 0.6) is 17.2 Å². The van der Waals surface area contributed by atoms with Gasteiger partial charge < -0.3 is 19.9 Å². The van der Waals surface area contributed by atoms with Crippen LogP contribution in [-0.2, 0) is 24.6 Å². The summed E-state index contributed by atoms with van der Waals surface area (Å²) in [6, 6.07) is 5.95. The van der Waals surface area contributed by atoms with E-state index in [-0.39, 0.29) is 6.61 Å². The van der Waals surface area contributed by atoms with Crippen molar-refractivity contribution in [3.63, 3.8) is 0 Å². The standard InChI is InChI=1S/C10H12NO4.Mn.O/c1-13-8-4-3-7(5-9(8)14-2)15-6-10(11)12;;/h3,5H,6H2,1-2H3,(H2,11,12);;/q-1;;. The van der Waals surface area contributed by atoms with Gasteiger partial charge in [-0.3, -0.25) is 4.79 Å². The number of benzene rings is 1. The Hall–Kier alpha value is -1.59. The second kappa shape index (κ2) is 8.55. The van der Waals surface area contributed by atoms with Gasteiger partial charge in [0.25, 0.3) is 5.91 Å². The first-order chi connectivity index (χ1) is 8.17. The predicted octanol–water partition coefficient (Wildman–Crippen LogP) is 0.247. The summed E-state index contributed by atoms with van der Waals surface area (Å²) in [6.45, 7) is -0.177. The minimum atomic E-state index is -0.537. The Morgan fingerprint density at radius 3 is 2.53 bits per heavy atom. The molecule has 0 aliphatic rings. The topological polar surface area (TPSA) is 87.8 Å². The van der Waals surface area contributed by atoms with Crippen LogP contribution in [0.1, 0.15) is 0 Å². The molecule has 0 unspecified atom stereocenters. The van der Waals surface area contributed by atoms with Gasteiger partial charge in [-0.15, -0.1) is 12.1 Å². The molecule has 1 rings (SSSR count). The molecule has 1 aromatic carbocycles. The van der Waals surface area contributed by atoms with E-state index < -0.39 is 5.91 Å². The molecule has 95 valence electrons. The number of carbonyl (C=O) groups is 1. The van der Waals surface area contributed by atoms with E-state index in [1.54, 1.807) is 28.1 Å². The number of amides is 1. The Kier molecular flexibility index (Phi) is 7.75. The second-order valence-corrected chi connectivity index (χ2v) is 2.69. The van der Waals surface area contributed by atoms with Gasteiger partial charge in [0.05, 0.1) is 20.0 Å². The molecule has 7 heteroatoms. The van der Waals surface area contributed by atoms with E-state index >= 15 is 0 Å². The minimum absolute atomic E-state index is 0.177. The molecule has 6 nitrogen and oxygen atoms in total. The maximum atomic E-state index is 10.5. The molecule has 0 saturated carbocycles. The predicted molar refractivity (Wildman–Crippen MR) is 53.8 cm³/mol. The SMILES string of the molecule is COc1[c-]cc(OCC(N)=O)cc1OC.[O]=[Mn].